The van der Waals surface area contributed by atoms with E-state index in [2.05, 4.69) is 0 Å². The van der Waals surface area contributed by atoms with E-state index >= 15 is 0 Å². The fourth-order valence-corrected chi connectivity index (χ4v) is 4.17. The molecule has 0 aliphatic heterocycles. The zero-order chi connectivity index (χ0) is 19.9. The molecule has 2 N–H and O–H groups in total. The Labute approximate surface area is 167 Å². The van der Waals surface area contributed by atoms with Gasteiger partial charge in [0.25, 0.3) is 0 Å². The van der Waals surface area contributed by atoms with Gasteiger partial charge < -0.3 is 14.9 Å². The van der Waals surface area contributed by atoms with Gasteiger partial charge in [0, 0.05) is 0 Å². The minimum atomic E-state index is -0.934. The smallest absolute Gasteiger partial charge is 0.336 e. The van der Waals surface area contributed by atoms with Crippen LogP contribution >= 0.6 is 0 Å². The van der Waals surface area contributed by atoms with E-state index in [9.17, 15) is 15.0 Å². The second-order valence-corrected chi connectivity index (χ2v) is 7.86. The van der Waals surface area contributed by atoms with Crippen LogP contribution in [0.15, 0.2) is 42.5 Å². The standard InChI is InChI=1S/C24H30O4/c1-17-7-5-6-10-21(17)23-14-19(11-12-22(23)24(26)27)16-28-20(15-25)13-18-8-3-2-4-9-18/h5-7,10-12,14,18,20,25H,2-4,8-9,13,15-16H2,1H3,(H,26,27). The molecule has 28 heavy (non-hydrogen) atoms. The molecule has 4 nitrogen and oxygen atoms in total. The first-order valence-electron chi connectivity index (χ1n) is 10.2. The van der Waals surface area contributed by atoms with Crippen LogP contribution < -0.4 is 0 Å². The van der Waals surface area contributed by atoms with Crippen LogP contribution in [0.3, 0.4) is 0 Å². The molecule has 0 radical (unpaired) electrons. The molecule has 1 unspecified atom stereocenters. The number of carboxylic acid groups (broad SMARTS) is 1. The molecule has 1 saturated carbocycles. The summed E-state index contributed by atoms with van der Waals surface area (Å²) in [5, 5.41) is 19.3. The van der Waals surface area contributed by atoms with E-state index in [1.54, 1.807) is 12.1 Å². The quantitative estimate of drug-likeness (QED) is 0.658. The van der Waals surface area contributed by atoms with Gasteiger partial charge in [0.1, 0.15) is 0 Å². The van der Waals surface area contributed by atoms with Crippen molar-refractivity contribution in [2.24, 2.45) is 5.92 Å². The second-order valence-electron chi connectivity index (χ2n) is 7.86. The molecule has 3 rings (SSSR count). The van der Waals surface area contributed by atoms with Crippen LogP contribution in [0.1, 0.15) is 60.0 Å². The van der Waals surface area contributed by atoms with Gasteiger partial charge in [0.2, 0.25) is 0 Å². The molecule has 1 aliphatic carbocycles. The van der Waals surface area contributed by atoms with E-state index in [0.29, 0.717) is 23.7 Å². The Morgan fingerprint density at radius 2 is 1.86 bits per heavy atom. The van der Waals surface area contributed by atoms with Crippen LogP contribution in [0, 0.1) is 12.8 Å². The predicted molar refractivity (Wildman–Crippen MR) is 110 cm³/mol. The maximum atomic E-state index is 11.7. The maximum Gasteiger partial charge on any atom is 0.336 e. The summed E-state index contributed by atoms with van der Waals surface area (Å²) in [4.78, 5) is 11.7. The minimum absolute atomic E-state index is 0.0222. The number of aromatic carboxylic acids is 1. The van der Waals surface area contributed by atoms with Crippen LogP contribution in [0.4, 0.5) is 0 Å². The van der Waals surface area contributed by atoms with Crippen molar-refractivity contribution in [3.05, 3.63) is 59.2 Å². The predicted octanol–water partition coefficient (Wildman–Crippen LogP) is 5.21. The topological polar surface area (TPSA) is 66.8 Å². The van der Waals surface area contributed by atoms with Crippen molar-refractivity contribution in [1.82, 2.24) is 0 Å². The highest BCUT2D eigenvalue weighted by Gasteiger charge is 2.20. The summed E-state index contributed by atoms with van der Waals surface area (Å²) >= 11 is 0. The first kappa shape index (κ1) is 20.6. The second kappa shape index (κ2) is 9.85. The molecule has 0 saturated heterocycles. The van der Waals surface area contributed by atoms with Crippen molar-refractivity contribution in [1.29, 1.82) is 0 Å². The molecular weight excluding hydrogens is 352 g/mol. The third kappa shape index (κ3) is 5.21. The Hall–Kier alpha value is -2.17. The lowest BCUT2D eigenvalue weighted by Gasteiger charge is -2.25. The fraction of sp³-hybridized carbons (Fsp3) is 0.458. The average molecular weight is 383 g/mol. The molecule has 0 bridgehead atoms. The first-order chi connectivity index (χ1) is 13.6. The van der Waals surface area contributed by atoms with Crippen LogP contribution in [0.25, 0.3) is 11.1 Å². The highest BCUT2D eigenvalue weighted by Crippen LogP contribution is 2.30. The van der Waals surface area contributed by atoms with E-state index in [-0.39, 0.29) is 12.7 Å². The van der Waals surface area contributed by atoms with Gasteiger partial charge in [-0.3, -0.25) is 0 Å². The van der Waals surface area contributed by atoms with Crippen LogP contribution in [0.5, 0.6) is 0 Å². The molecule has 2 aromatic rings. The Morgan fingerprint density at radius 1 is 1.11 bits per heavy atom. The maximum absolute atomic E-state index is 11.7. The van der Waals surface area contributed by atoms with Gasteiger partial charge in [0.05, 0.1) is 24.9 Å². The lowest BCUT2D eigenvalue weighted by atomic mass is 9.85. The number of aryl methyl sites for hydroxylation is 1. The van der Waals surface area contributed by atoms with Gasteiger partial charge in [-0.2, -0.15) is 0 Å². The Kier molecular flexibility index (Phi) is 7.24. The summed E-state index contributed by atoms with van der Waals surface area (Å²) in [5.74, 6) is -0.293. The summed E-state index contributed by atoms with van der Waals surface area (Å²) in [7, 11) is 0. The van der Waals surface area contributed by atoms with Crippen molar-refractivity contribution in [2.45, 2.75) is 58.2 Å². The summed E-state index contributed by atoms with van der Waals surface area (Å²) in [6, 6.07) is 13.2. The first-order valence-corrected chi connectivity index (χ1v) is 10.2. The lowest BCUT2D eigenvalue weighted by molar-refractivity contribution is -0.0141. The van der Waals surface area contributed by atoms with Crippen molar-refractivity contribution in [3.63, 3.8) is 0 Å². The lowest BCUT2D eigenvalue weighted by Crippen LogP contribution is -2.23. The number of carbonyl (C=O) groups is 1. The molecule has 0 heterocycles. The molecule has 1 atom stereocenters. The molecule has 150 valence electrons. The molecule has 0 aromatic heterocycles. The van der Waals surface area contributed by atoms with Crippen LogP contribution in [-0.2, 0) is 11.3 Å². The average Bonchev–Trinajstić information content (AvgIpc) is 2.72. The van der Waals surface area contributed by atoms with Crippen molar-refractivity contribution in [3.8, 4) is 11.1 Å². The van der Waals surface area contributed by atoms with E-state index in [4.69, 9.17) is 4.74 Å². The zero-order valence-corrected chi connectivity index (χ0v) is 16.6. The third-order valence-corrected chi connectivity index (χ3v) is 5.76. The summed E-state index contributed by atoms with van der Waals surface area (Å²) in [6.45, 7) is 2.38. The third-order valence-electron chi connectivity index (χ3n) is 5.76. The van der Waals surface area contributed by atoms with Gasteiger partial charge in [-0.15, -0.1) is 0 Å². The molecule has 4 heteroatoms. The number of aliphatic hydroxyl groups excluding tert-OH is 1. The highest BCUT2D eigenvalue weighted by molar-refractivity contribution is 5.96. The van der Waals surface area contributed by atoms with Crippen LogP contribution in [0.2, 0.25) is 0 Å². The normalized spacial score (nSPS) is 16.1. The SMILES string of the molecule is Cc1ccccc1-c1cc(COC(CO)CC2CCCCC2)ccc1C(=O)O. The van der Waals surface area contributed by atoms with Crippen molar-refractivity contribution < 1.29 is 19.7 Å². The number of benzene rings is 2. The number of ether oxygens (including phenoxy) is 1. The van der Waals surface area contributed by atoms with E-state index < -0.39 is 5.97 Å². The van der Waals surface area contributed by atoms with Gasteiger partial charge >= 0.3 is 5.97 Å². The van der Waals surface area contributed by atoms with E-state index in [1.165, 1.54) is 32.1 Å². The number of hydrogen-bond acceptors (Lipinski definition) is 3. The number of carboxylic acids is 1. The van der Waals surface area contributed by atoms with Gasteiger partial charge in [0.15, 0.2) is 0 Å². The summed E-state index contributed by atoms with van der Waals surface area (Å²) < 4.78 is 6.00. The summed E-state index contributed by atoms with van der Waals surface area (Å²) in [5.41, 5.74) is 3.88. The number of hydrogen-bond donors (Lipinski definition) is 2. The van der Waals surface area contributed by atoms with Crippen molar-refractivity contribution in [2.75, 3.05) is 6.61 Å². The fourth-order valence-electron chi connectivity index (χ4n) is 4.17. The molecule has 0 amide bonds. The van der Waals surface area contributed by atoms with E-state index in [0.717, 1.165) is 23.1 Å². The largest absolute Gasteiger partial charge is 0.478 e. The summed E-state index contributed by atoms with van der Waals surface area (Å²) in [6.07, 6.45) is 7.06. The monoisotopic (exact) mass is 382 g/mol. The van der Waals surface area contributed by atoms with Gasteiger partial charge in [-0.1, -0.05) is 62.4 Å². The molecule has 2 aromatic carbocycles. The Bertz CT molecular complexity index is 793. The highest BCUT2D eigenvalue weighted by atomic mass is 16.5. The molecule has 1 fully saturated rings. The zero-order valence-electron chi connectivity index (χ0n) is 16.6. The van der Waals surface area contributed by atoms with Gasteiger partial charge in [-0.25, -0.2) is 4.79 Å². The molecule has 1 aliphatic rings. The Balaban J connectivity index is 1.74. The Morgan fingerprint density at radius 3 is 2.54 bits per heavy atom. The van der Waals surface area contributed by atoms with E-state index in [1.807, 2.05) is 37.3 Å². The molecule has 0 spiro atoms. The minimum Gasteiger partial charge on any atom is -0.478 e. The molecular formula is C24H30O4. The van der Waals surface area contributed by atoms with Crippen LogP contribution in [-0.4, -0.2) is 28.9 Å². The van der Waals surface area contributed by atoms with Gasteiger partial charge in [-0.05, 0) is 53.6 Å². The number of rotatable bonds is 8. The number of aliphatic hydroxyl groups is 1. The van der Waals surface area contributed by atoms with Crippen molar-refractivity contribution >= 4 is 5.97 Å².